The van der Waals surface area contributed by atoms with E-state index in [1.165, 1.54) is 0 Å². The molecule has 0 radical (unpaired) electrons. The van der Waals surface area contributed by atoms with Crippen LogP contribution < -0.4 is 0 Å². The molecule has 1 aromatic carbocycles. The van der Waals surface area contributed by atoms with Crippen molar-refractivity contribution in [2.45, 2.75) is 6.61 Å². The van der Waals surface area contributed by atoms with Gasteiger partial charge in [0.1, 0.15) is 9.21 Å². The minimum atomic E-state index is 0.545. The molecule has 3 nitrogen and oxygen atoms in total. The highest BCUT2D eigenvalue weighted by Crippen LogP contribution is 2.24. The second kappa shape index (κ2) is 5.71. The molecule has 0 aliphatic rings. The Kier molecular flexibility index (Phi) is 4.25. The minimum absolute atomic E-state index is 0.545. The quantitative estimate of drug-likeness (QED) is 0.783. The van der Waals surface area contributed by atoms with E-state index in [-0.39, 0.29) is 0 Å². The standard InChI is InChI=1S/C12H10Br2N2O/c1-17-7-8-4-2-3-5-9(8)12-15-10(13)6-11(14)16-12/h2-6H,7H2,1H3. The van der Waals surface area contributed by atoms with Gasteiger partial charge < -0.3 is 4.74 Å². The van der Waals surface area contributed by atoms with E-state index in [0.29, 0.717) is 12.4 Å². The maximum atomic E-state index is 5.17. The molecule has 17 heavy (non-hydrogen) atoms. The zero-order valence-electron chi connectivity index (χ0n) is 9.15. The van der Waals surface area contributed by atoms with Crippen molar-refractivity contribution in [3.05, 3.63) is 45.1 Å². The predicted octanol–water partition coefficient (Wildman–Crippen LogP) is 3.82. The largest absolute Gasteiger partial charge is 0.380 e. The van der Waals surface area contributed by atoms with Crippen LogP contribution in [0.5, 0.6) is 0 Å². The second-order valence-corrected chi connectivity index (χ2v) is 5.05. The van der Waals surface area contributed by atoms with E-state index in [1.807, 2.05) is 30.3 Å². The van der Waals surface area contributed by atoms with Gasteiger partial charge in [0.25, 0.3) is 0 Å². The summed E-state index contributed by atoms with van der Waals surface area (Å²) in [6.07, 6.45) is 0. The third kappa shape index (κ3) is 3.12. The molecule has 0 saturated heterocycles. The molecule has 0 unspecified atom stereocenters. The highest BCUT2D eigenvalue weighted by atomic mass is 79.9. The molecule has 5 heteroatoms. The molecule has 0 aliphatic carbocycles. The lowest BCUT2D eigenvalue weighted by Gasteiger charge is -2.07. The number of halogens is 2. The van der Waals surface area contributed by atoms with Crippen molar-refractivity contribution in [2.24, 2.45) is 0 Å². The Morgan fingerprint density at radius 1 is 1.12 bits per heavy atom. The summed E-state index contributed by atoms with van der Waals surface area (Å²) in [4.78, 5) is 8.73. The van der Waals surface area contributed by atoms with Crippen molar-refractivity contribution in [3.8, 4) is 11.4 Å². The van der Waals surface area contributed by atoms with Crippen LogP contribution in [0.4, 0.5) is 0 Å². The van der Waals surface area contributed by atoms with Gasteiger partial charge in [0.2, 0.25) is 0 Å². The van der Waals surface area contributed by atoms with Crippen LogP contribution in [0.15, 0.2) is 39.5 Å². The van der Waals surface area contributed by atoms with Crippen LogP contribution >= 0.6 is 31.9 Å². The average Bonchev–Trinajstić information content (AvgIpc) is 2.29. The van der Waals surface area contributed by atoms with E-state index in [9.17, 15) is 0 Å². The molecule has 0 spiro atoms. The van der Waals surface area contributed by atoms with E-state index in [4.69, 9.17) is 4.74 Å². The summed E-state index contributed by atoms with van der Waals surface area (Å²) >= 11 is 6.72. The Labute approximate surface area is 117 Å². The van der Waals surface area contributed by atoms with Gasteiger partial charge in [0.15, 0.2) is 5.82 Å². The van der Waals surface area contributed by atoms with Gasteiger partial charge >= 0.3 is 0 Å². The van der Waals surface area contributed by atoms with Gasteiger partial charge in [-0.3, -0.25) is 0 Å². The fourth-order valence-corrected chi connectivity index (χ4v) is 2.61. The molecule has 2 aromatic rings. The van der Waals surface area contributed by atoms with Gasteiger partial charge in [-0.05, 0) is 37.4 Å². The molecule has 0 aliphatic heterocycles. The van der Waals surface area contributed by atoms with Crippen molar-refractivity contribution < 1.29 is 4.74 Å². The summed E-state index contributed by atoms with van der Waals surface area (Å²) in [7, 11) is 1.68. The van der Waals surface area contributed by atoms with Crippen molar-refractivity contribution in [3.63, 3.8) is 0 Å². The molecule has 88 valence electrons. The number of hydrogen-bond donors (Lipinski definition) is 0. The molecular weight excluding hydrogens is 348 g/mol. The Balaban J connectivity index is 2.51. The minimum Gasteiger partial charge on any atom is -0.380 e. The van der Waals surface area contributed by atoms with Gasteiger partial charge in [-0.15, -0.1) is 0 Å². The first-order valence-corrected chi connectivity index (χ1v) is 6.56. The van der Waals surface area contributed by atoms with E-state index in [1.54, 1.807) is 7.11 Å². The molecule has 0 N–H and O–H groups in total. The molecule has 2 rings (SSSR count). The Morgan fingerprint density at radius 2 is 1.76 bits per heavy atom. The van der Waals surface area contributed by atoms with Crippen LogP contribution in [0, 0.1) is 0 Å². The highest BCUT2D eigenvalue weighted by Gasteiger charge is 2.08. The second-order valence-electron chi connectivity index (χ2n) is 3.43. The van der Waals surface area contributed by atoms with Crippen LogP contribution in [0.3, 0.4) is 0 Å². The van der Waals surface area contributed by atoms with Crippen molar-refractivity contribution in [1.29, 1.82) is 0 Å². The van der Waals surface area contributed by atoms with Crippen LogP contribution in [0.2, 0.25) is 0 Å². The van der Waals surface area contributed by atoms with E-state index < -0.39 is 0 Å². The van der Waals surface area contributed by atoms with E-state index in [0.717, 1.165) is 20.3 Å². The van der Waals surface area contributed by atoms with Crippen molar-refractivity contribution >= 4 is 31.9 Å². The van der Waals surface area contributed by atoms with Gasteiger partial charge in [-0.1, -0.05) is 24.3 Å². The molecule has 0 atom stereocenters. The van der Waals surface area contributed by atoms with E-state index >= 15 is 0 Å². The third-order valence-electron chi connectivity index (χ3n) is 2.22. The van der Waals surface area contributed by atoms with Crippen LogP contribution in [-0.4, -0.2) is 17.1 Å². The van der Waals surface area contributed by atoms with Crippen molar-refractivity contribution in [1.82, 2.24) is 9.97 Å². The lowest BCUT2D eigenvalue weighted by molar-refractivity contribution is 0.185. The van der Waals surface area contributed by atoms with Gasteiger partial charge in [0, 0.05) is 18.7 Å². The molecule has 0 fully saturated rings. The van der Waals surface area contributed by atoms with Gasteiger partial charge in [0.05, 0.1) is 6.61 Å². The van der Waals surface area contributed by atoms with Gasteiger partial charge in [-0.2, -0.15) is 0 Å². The maximum absolute atomic E-state index is 5.17. The normalized spacial score (nSPS) is 10.5. The summed E-state index contributed by atoms with van der Waals surface area (Å²) in [6.45, 7) is 0.545. The SMILES string of the molecule is COCc1ccccc1-c1nc(Br)cc(Br)n1. The lowest BCUT2D eigenvalue weighted by atomic mass is 10.1. The van der Waals surface area contributed by atoms with Gasteiger partial charge in [-0.25, -0.2) is 9.97 Å². The molecular formula is C12H10Br2N2O. The number of hydrogen-bond acceptors (Lipinski definition) is 3. The number of aromatic nitrogens is 2. The molecule has 1 aromatic heterocycles. The fraction of sp³-hybridized carbons (Fsp3) is 0.167. The zero-order valence-corrected chi connectivity index (χ0v) is 12.3. The fourth-order valence-electron chi connectivity index (χ4n) is 1.53. The summed E-state index contributed by atoms with van der Waals surface area (Å²) in [5, 5.41) is 0. The van der Waals surface area contributed by atoms with Crippen LogP contribution in [-0.2, 0) is 11.3 Å². The number of methoxy groups -OCH3 is 1. The first kappa shape index (κ1) is 12.7. The van der Waals surface area contributed by atoms with Crippen molar-refractivity contribution in [2.75, 3.05) is 7.11 Å². The number of nitrogens with zero attached hydrogens (tertiary/aromatic N) is 2. The van der Waals surface area contributed by atoms with E-state index in [2.05, 4.69) is 41.8 Å². The summed E-state index contributed by atoms with van der Waals surface area (Å²) in [5.74, 6) is 0.680. The molecule has 0 amide bonds. The maximum Gasteiger partial charge on any atom is 0.162 e. The zero-order chi connectivity index (χ0) is 12.3. The molecule has 1 heterocycles. The first-order chi connectivity index (χ1) is 8.20. The molecule has 0 saturated carbocycles. The predicted molar refractivity (Wildman–Crippen MR) is 73.6 cm³/mol. The monoisotopic (exact) mass is 356 g/mol. The Bertz CT molecular complexity index is 511. The van der Waals surface area contributed by atoms with Crippen LogP contribution in [0.25, 0.3) is 11.4 Å². The topological polar surface area (TPSA) is 35.0 Å². The number of rotatable bonds is 3. The smallest absolute Gasteiger partial charge is 0.162 e. The summed E-state index contributed by atoms with van der Waals surface area (Å²) < 4.78 is 6.67. The number of benzene rings is 1. The van der Waals surface area contributed by atoms with Crippen LogP contribution in [0.1, 0.15) is 5.56 Å². The third-order valence-corrected chi connectivity index (χ3v) is 3.03. The molecule has 0 bridgehead atoms. The first-order valence-electron chi connectivity index (χ1n) is 4.98. The number of ether oxygens (including phenoxy) is 1. The Morgan fingerprint density at radius 3 is 2.41 bits per heavy atom. The highest BCUT2D eigenvalue weighted by molar-refractivity contribution is 9.11. The Hall–Kier alpha value is -0.780. The average molecular weight is 358 g/mol. The summed E-state index contributed by atoms with van der Waals surface area (Å²) in [5.41, 5.74) is 2.05. The lowest BCUT2D eigenvalue weighted by Crippen LogP contribution is -1.96. The summed E-state index contributed by atoms with van der Waals surface area (Å²) in [6, 6.07) is 9.75.